The van der Waals surface area contributed by atoms with Crippen LogP contribution in [0.15, 0.2) is 48.5 Å². The number of thiocarbonyl (C=S) groups is 1. The number of benzene rings is 2. The van der Waals surface area contributed by atoms with Gasteiger partial charge >= 0.3 is 5.97 Å². The molecule has 0 bridgehead atoms. The summed E-state index contributed by atoms with van der Waals surface area (Å²) in [5, 5.41) is 6.48. The molecule has 0 aliphatic heterocycles. The van der Waals surface area contributed by atoms with Crippen molar-refractivity contribution in [3.63, 3.8) is 0 Å². The van der Waals surface area contributed by atoms with Crippen LogP contribution >= 0.6 is 12.2 Å². The zero-order valence-corrected chi connectivity index (χ0v) is 15.1. The van der Waals surface area contributed by atoms with Gasteiger partial charge in [0.15, 0.2) is 10.9 Å². The molecular weight excluding hydrogens is 336 g/mol. The van der Waals surface area contributed by atoms with Gasteiger partial charge in [-0.3, -0.25) is 4.79 Å². The van der Waals surface area contributed by atoms with E-state index < -0.39 is 0 Å². The summed E-state index contributed by atoms with van der Waals surface area (Å²) in [6.07, 6.45) is -0.156. The molecule has 0 atom stereocenters. The number of hydrogen-bond donors (Lipinski definition) is 2. The van der Waals surface area contributed by atoms with Crippen molar-refractivity contribution in [3.05, 3.63) is 59.7 Å². The Kier molecular flexibility index (Phi) is 6.25. The molecule has 0 aromatic heterocycles. The number of carbonyl (C=O) groups is 2. The van der Waals surface area contributed by atoms with E-state index >= 15 is 0 Å². The van der Waals surface area contributed by atoms with Crippen LogP contribution in [0.25, 0.3) is 0 Å². The lowest BCUT2D eigenvalue weighted by molar-refractivity contribution is 0.0378. The Morgan fingerprint density at radius 3 is 1.72 bits per heavy atom. The van der Waals surface area contributed by atoms with Crippen molar-refractivity contribution in [1.29, 1.82) is 0 Å². The number of anilines is 2. The minimum absolute atomic E-state index is 0.0170. The van der Waals surface area contributed by atoms with Gasteiger partial charge in [-0.1, -0.05) is 0 Å². The van der Waals surface area contributed by atoms with Crippen molar-refractivity contribution >= 4 is 40.5 Å². The van der Waals surface area contributed by atoms with Crippen LogP contribution in [0.4, 0.5) is 11.4 Å². The molecule has 0 aliphatic carbocycles. The van der Waals surface area contributed by atoms with Crippen molar-refractivity contribution in [3.8, 4) is 0 Å². The van der Waals surface area contributed by atoms with Crippen molar-refractivity contribution in [2.24, 2.45) is 0 Å². The monoisotopic (exact) mass is 356 g/mol. The molecule has 0 saturated heterocycles. The lowest BCUT2D eigenvalue weighted by Gasteiger charge is -2.12. The standard InChI is InChI=1S/C19H20N2O3S/c1-12(2)24-18(23)15-6-10-17(11-7-15)21-19(25)20-16-8-4-14(5-9-16)13(3)22/h4-12H,1-3H3,(H2,20,21,25). The van der Waals surface area contributed by atoms with E-state index in [1.165, 1.54) is 6.92 Å². The molecule has 2 rings (SSSR count). The third-order valence-corrected chi connectivity index (χ3v) is 3.47. The summed E-state index contributed by atoms with van der Waals surface area (Å²) in [5.74, 6) is -0.337. The summed E-state index contributed by atoms with van der Waals surface area (Å²) in [6, 6.07) is 13.9. The molecule has 0 aliphatic rings. The average molecular weight is 356 g/mol. The minimum atomic E-state index is -0.354. The second-order valence-corrected chi connectivity index (χ2v) is 6.15. The molecule has 0 radical (unpaired) electrons. The van der Waals surface area contributed by atoms with E-state index in [1.54, 1.807) is 62.4 Å². The summed E-state index contributed by atoms with van der Waals surface area (Å²) in [7, 11) is 0. The zero-order chi connectivity index (χ0) is 18.4. The van der Waals surface area contributed by atoms with Gasteiger partial charge in [-0.25, -0.2) is 4.79 Å². The fourth-order valence-corrected chi connectivity index (χ4v) is 2.29. The van der Waals surface area contributed by atoms with Crippen LogP contribution in [0.5, 0.6) is 0 Å². The fraction of sp³-hybridized carbons (Fsp3) is 0.211. The Morgan fingerprint density at radius 1 is 0.880 bits per heavy atom. The number of ketones is 1. The number of esters is 1. The quantitative estimate of drug-likeness (QED) is 0.474. The molecule has 130 valence electrons. The predicted molar refractivity (Wildman–Crippen MR) is 103 cm³/mol. The predicted octanol–water partition coefficient (Wildman–Crippen LogP) is 4.26. The van der Waals surface area contributed by atoms with Gasteiger partial charge in [0, 0.05) is 16.9 Å². The van der Waals surface area contributed by atoms with Crippen molar-refractivity contribution in [2.45, 2.75) is 26.9 Å². The number of hydrogen-bond acceptors (Lipinski definition) is 4. The lowest BCUT2D eigenvalue weighted by Crippen LogP contribution is -2.19. The van der Waals surface area contributed by atoms with Gasteiger partial charge in [0.05, 0.1) is 11.7 Å². The topological polar surface area (TPSA) is 67.4 Å². The van der Waals surface area contributed by atoms with Crippen LogP contribution in [0.3, 0.4) is 0 Å². The van der Waals surface area contributed by atoms with Gasteiger partial charge < -0.3 is 15.4 Å². The van der Waals surface area contributed by atoms with Gasteiger partial charge in [-0.15, -0.1) is 0 Å². The van der Waals surface area contributed by atoms with Gasteiger partial charge in [0.25, 0.3) is 0 Å². The third-order valence-electron chi connectivity index (χ3n) is 3.27. The van der Waals surface area contributed by atoms with Crippen LogP contribution in [0, 0.1) is 0 Å². The van der Waals surface area contributed by atoms with Crippen LogP contribution in [0.2, 0.25) is 0 Å². The first-order valence-electron chi connectivity index (χ1n) is 7.85. The number of ether oxygens (including phenoxy) is 1. The Bertz CT molecular complexity index is 768. The van der Waals surface area contributed by atoms with E-state index in [2.05, 4.69) is 10.6 Å². The molecule has 2 aromatic rings. The van der Waals surface area contributed by atoms with Crippen molar-refractivity contribution in [2.75, 3.05) is 10.6 Å². The van der Waals surface area contributed by atoms with E-state index in [1.807, 2.05) is 0 Å². The van der Waals surface area contributed by atoms with E-state index in [0.717, 1.165) is 11.4 Å². The number of nitrogens with one attached hydrogen (secondary N) is 2. The molecule has 0 amide bonds. The Morgan fingerprint density at radius 2 is 1.32 bits per heavy atom. The maximum Gasteiger partial charge on any atom is 0.338 e. The maximum atomic E-state index is 11.8. The number of rotatable bonds is 5. The highest BCUT2D eigenvalue weighted by Crippen LogP contribution is 2.14. The molecule has 0 fully saturated rings. The highest BCUT2D eigenvalue weighted by Gasteiger charge is 2.09. The van der Waals surface area contributed by atoms with Gasteiger partial charge in [-0.05, 0) is 81.5 Å². The van der Waals surface area contributed by atoms with E-state index in [9.17, 15) is 9.59 Å². The lowest BCUT2D eigenvalue weighted by atomic mass is 10.1. The highest BCUT2D eigenvalue weighted by atomic mass is 32.1. The van der Waals surface area contributed by atoms with Crippen LogP contribution < -0.4 is 10.6 Å². The largest absolute Gasteiger partial charge is 0.459 e. The smallest absolute Gasteiger partial charge is 0.338 e. The normalized spacial score (nSPS) is 10.2. The molecule has 25 heavy (non-hydrogen) atoms. The molecule has 5 nitrogen and oxygen atoms in total. The minimum Gasteiger partial charge on any atom is -0.459 e. The average Bonchev–Trinajstić information content (AvgIpc) is 2.55. The van der Waals surface area contributed by atoms with Gasteiger partial charge in [-0.2, -0.15) is 0 Å². The Labute approximate surface area is 152 Å². The molecule has 6 heteroatoms. The number of Topliss-reactive ketones (excluding diaryl/α,β-unsaturated/α-hetero) is 1. The molecule has 0 heterocycles. The summed E-state index contributed by atoms with van der Waals surface area (Å²) in [5.41, 5.74) is 2.66. The van der Waals surface area contributed by atoms with Crippen LogP contribution in [-0.2, 0) is 4.74 Å². The van der Waals surface area contributed by atoms with Gasteiger partial charge in [0.1, 0.15) is 0 Å². The first kappa shape index (κ1) is 18.6. The molecule has 0 spiro atoms. The van der Waals surface area contributed by atoms with E-state index in [-0.39, 0.29) is 17.9 Å². The van der Waals surface area contributed by atoms with Gasteiger partial charge in [0.2, 0.25) is 0 Å². The Balaban J connectivity index is 1.94. The summed E-state index contributed by atoms with van der Waals surface area (Å²) in [6.45, 7) is 5.14. The summed E-state index contributed by atoms with van der Waals surface area (Å²) < 4.78 is 5.14. The highest BCUT2D eigenvalue weighted by molar-refractivity contribution is 7.80. The summed E-state index contributed by atoms with van der Waals surface area (Å²) in [4.78, 5) is 23.1. The summed E-state index contributed by atoms with van der Waals surface area (Å²) >= 11 is 5.26. The fourth-order valence-electron chi connectivity index (χ4n) is 2.05. The number of carbonyl (C=O) groups excluding carboxylic acids is 2. The second kappa shape index (κ2) is 8.39. The van der Waals surface area contributed by atoms with E-state index in [4.69, 9.17) is 17.0 Å². The third kappa shape index (κ3) is 5.69. The Hall–Kier alpha value is -2.73. The zero-order valence-electron chi connectivity index (χ0n) is 14.3. The van der Waals surface area contributed by atoms with E-state index in [0.29, 0.717) is 16.2 Å². The van der Waals surface area contributed by atoms with Crippen molar-refractivity contribution < 1.29 is 14.3 Å². The van der Waals surface area contributed by atoms with Crippen LogP contribution in [-0.4, -0.2) is 23.0 Å². The SMILES string of the molecule is CC(=O)c1ccc(NC(=S)Nc2ccc(C(=O)OC(C)C)cc2)cc1. The maximum absolute atomic E-state index is 11.8. The molecular formula is C19H20N2O3S. The second-order valence-electron chi connectivity index (χ2n) is 5.74. The van der Waals surface area contributed by atoms with Crippen molar-refractivity contribution in [1.82, 2.24) is 0 Å². The molecule has 2 aromatic carbocycles. The van der Waals surface area contributed by atoms with Crippen LogP contribution in [0.1, 0.15) is 41.5 Å². The first-order valence-corrected chi connectivity index (χ1v) is 8.26. The molecule has 0 saturated carbocycles. The first-order chi connectivity index (χ1) is 11.8. The molecule has 0 unspecified atom stereocenters. The molecule has 2 N–H and O–H groups in total.